The predicted octanol–water partition coefficient (Wildman–Crippen LogP) is 4.35. The summed E-state index contributed by atoms with van der Waals surface area (Å²) < 4.78 is 17.0. The van der Waals surface area contributed by atoms with Gasteiger partial charge in [0.15, 0.2) is 0 Å². The molecular formula is C30H57N5O7. The smallest absolute Gasteiger partial charge is 0.410 e. The minimum absolute atomic E-state index is 0.0435. The van der Waals surface area contributed by atoms with Crippen molar-refractivity contribution in [2.24, 2.45) is 11.7 Å². The van der Waals surface area contributed by atoms with E-state index in [0.717, 1.165) is 25.7 Å². The maximum absolute atomic E-state index is 13.4. The van der Waals surface area contributed by atoms with Gasteiger partial charge in [-0.15, -0.1) is 0 Å². The molecule has 0 aliphatic carbocycles. The summed E-state index contributed by atoms with van der Waals surface area (Å²) in [6.45, 7) is 18.3. The molecule has 4 amide bonds. The fraction of sp³-hybridized carbons (Fsp3) is 0.867. The Morgan fingerprint density at radius 3 is 1.64 bits per heavy atom. The fourth-order valence-electron chi connectivity index (χ4n) is 4.30. The van der Waals surface area contributed by atoms with Crippen LogP contribution >= 0.6 is 0 Å². The number of amides is 4. The number of nitrogens with one attached hydrogen (secondary N) is 1. The Labute approximate surface area is 252 Å². The summed E-state index contributed by atoms with van der Waals surface area (Å²) >= 11 is 0. The zero-order valence-electron chi connectivity index (χ0n) is 27.5. The third kappa shape index (κ3) is 16.6. The number of hydrogen-bond acceptors (Lipinski definition) is 8. The van der Waals surface area contributed by atoms with Crippen LogP contribution in [0.1, 0.15) is 94.4 Å². The number of nitrogens with two attached hydrogens (primary N) is 1. The molecule has 0 bridgehead atoms. The number of hydrogen-bond donors (Lipinski definition) is 2. The van der Waals surface area contributed by atoms with Gasteiger partial charge in [-0.2, -0.15) is 0 Å². The number of rotatable bonds is 5. The first-order chi connectivity index (χ1) is 19.3. The molecule has 1 aliphatic rings. The van der Waals surface area contributed by atoms with Crippen LogP contribution in [0, 0.1) is 5.92 Å². The van der Waals surface area contributed by atoms with E-state index in [0.29, 0.717) is 19.6 Å². The van der Waals surface area contributed by atoms with E-state index in [1.807, 2.05) is 20.8 Å². The summed E-state index contributed by atoms with van der Waals surface area (Å²) in [6.07, 6.45) is 1.92. The highest BCUT2D eigenvalue weighted by Gasteiger charge is 2.30. The van der Waals surface area contributed by atoms with Gasteiger partial charge in [-0.25, -0.2) is 14.4 Å². The third-order valence-electron chi connectivity index (χ3n) is 6.18. The predicted molar refractivity (Wildman–Crippen MR) is 162 cm³/mol. The summed E-state index contributed by atoms with van der Waals surface area (Å²) in [5.41, 5.74) is 3.57. The number of nitrogens with zero attached hydrogens (tertiary/aromatic N) is 3. The molecule has 3 N–H and O–H groups in total. The van der Waals surface area contributed by atoms with Crippen molar-refractivity contribution < 1.29 is 33.4 Å². The largest absolute Gasteiger partial charge is 0.444 e. The minimum atomic E-state index is -0.724. The van der Waals surface area contributed by atoms with Gasteiger partial charge in [0, 0.05) is 52.2 Å². The Bertz CT molecular complexity index is 877. The lowest BCUT2D eigenvalue weighted by Crippen LogP contribution is -2.49. The highest BCUT2D eigenvalue weighted by Crippen LogP contribution is 2.19. The van der Waals surface area contributed by atoms with Crippen LogP contribution in [0.4, 0.5) is 14.4 Å². The first kappa shape index (κ1) is 37.3. The summed E-state index contributed by atoms with van der Waals surface area (Å²) in [5.74, 6) is -0.372. The van der Waals surface area contributed by atoms with Crippen molar-refractivity contribution in [3.63, 3.8) is 0 Å². The molecule has 1 unspecified atom stereocenters. The molecular weight excluding hydrogens is 542 g/mol. The average Bonchev–Trinajstić information content (AvgIpc) is 2.81. The maximum Gasteiger partial charge on any atom is 0.410 e. The summed E-state index contributed by atoms with van der Waals surface area (Å²) in [7, 11) is 0. The Hall–Kier alpha value is -2.76. The van der Waals surface area contributed by atoms with E-state index >= 15 is 0 Å². The van der Waals surface area contributed by atoms with E-state index in [1.54, 1.807) is 51.3 Å². The zero-order chi connectivity index (χ0) is 32.1. The van der Waals surface area contributed by atoms with Crippen LogP contribution < -0.4 is 11.1 Å². The summed E-state index contributed by atoms with van der Waals surface area (Å²) in [6, 6.07) is 0. The van der Waals surface area contributed by atoms with Gasteiger partial charge in [-0.3, -0.25) is 4.79 Å². The van der Waals surface area contributed by atoms with Gasteiger partial charge in [0.25, 0.3) is 0 Å². The van der Waals surface area contributed by atoms with Gasteiger partial charge in [-0.1, -0.05) is 12.8 Å². The summed E-state index contributed by atoms with van der Waals surface area (Å²) in [5, 5.41) is 2.85. The van der Waals surface area contributed by atoms with Crippen LogP contribution in [0.15, 0.2) is 0 Å². The molecule has 1 rings (SSSR count). The molecule has 1 heterocycles. The fourth-order valence-corrected chi connectivity index (χ4v) is 4.30. The van der Waals surface area contributed by atoms with Crippen molar-refractivity contribution >= 4 is 24.2 Å². The monoisotopic (exact) mass is 599 g/mol. The first-order valence-electron chi connectivity index (χ1n) is 15.2. The maximum atomic E-state index is 13.4. The Morgan fingerprint density at radius 1 is 0.714 bits per heavy atom. The van der Waals surface area contributed by atoms with Crippen molar-refractivity contribution in [2.45, 2.75) is 111 Å². The van der Waals surface area contributed by atoms with E-state index in [9.17, 15) is 19.2 Å². The van der Waals surface area contributed by atoms with Crippen molar-refractivity contribution in [3.8, 4) is 0 Å². The molecule has 0 aromatic rings. The van der Waals surface area contributed by atoms with Gasteiger partial charge in [0.2, 0.25) is 5.91 Å². The average molecular weight is 600 g/mol. The zero-order valence-corrected chi connectivity index (χ0v) is 27.5. The van der Waals surface area contributed by atoms with Crippen LogP contribution in [-0.4, -0.2) is 108 Å². The molecule has 1 atom stereocenters. The molecule has 1 saturated heterocycles. The molecule has 0 saturated carbocycles. The van der Waals surface area contributed by atoms with Gasteiger partial charge < -0.3 is 40.0 Å². The Kier molecular flexibility index (Phi) is 14.9. The van der Waals surface area contributed by atoms with E-state index < -0.39 is 35.1 Å². The topological polar surface area (TPSA) is 144 Å². The summed E-state index contributed by atoms with van der Waals surface area (Å²) in [4.78, 5) is 57.0. The van der Waals surface area contributed by atoms with Crippen molar-refractivity contribution in [1.82, 2.24) is 20.0 Å². The standard InChI is InChI=1S/C30H57N5O7/c1-28(2,3)40-25(37)33-17-14-24(36)32-16-18-34(26(38)41-29(4,5)6)21-23(13-11-10-12-15-31)22-35(20-19-33)27(39)42-30(7,8)9/h23H,10-22,31H2,1-9H3,(H,32,36). The lowest BCUT2D eigenvalue weighted by atomic mass is 9.99. The molecule has 42 heavy (non-hydrogen) atoms. The lowest BCUT2D eigenvalue weighted by molar-refractivity contribution is -0.121. The van der Waals surface area contributed by atoms with Crippen LogP contribution in [0.5, 0.6) is 0 Å². The Morgan fingerprint density at radius 2 is 1.17 bits per heavy atom. The van der Waals surface area contributed by atoms with Crippen LogP contribution in [0.3, 0.4) is 0 Å². The molecule has 0 spiro atoms. The van der Waals surface area contributed by atoms with Gasteiger partial charge in [0.1, 0.15) is 16.8 Å². The van der Waals surface area contributed by atoms with Gasteiger partial charge in [-0.05, 0) is 87.6 Å². The van der Waals surface area contributed by atoms with E-state index in [-0.39, 0.29) is 51.0 Å². The van der Waals surface area contributed by atoms with Crippen LogP contribution in [-0.2, 0) is 19.0 Å². The molecule has 12 nitrogen and oxygen atoms in total. The Balaban J connectivity index is 3.38. The molecule has 0 radical (unpaired) electrons. The van der Waals surface area contributed by atoms with E-state index in [4.69, 9.17) is 19.9 Å². The molecule has 1 fully saturated rings. The molecule has 1 aliphatic heterocycles. The number of ether oxygens (including phenoxy) is 3. The number of carbonyl (C=O) groups is 4. The molecule has 12 heteroatoms. The van der Waals surface area contributed by atoms with Crippen molar-refractivity contribution in [1.29, 1.82) is 0 Å². The normalized spacial score (nSPS) is 18.6. The minimum Gasteiger partial charge on any atom is -0.444 e. The molecule has 0 aromatic carbocycles. The van der Waals surface area contributed by atoms with E-state index in [1.165, 1.54) is 4.90 Å². The second-order valence-corrected chi connectivity index (χ2v) is 13.9. The highest BCUT2D eigenvalue weighted by atomic mass is 16.6. The molecule has 0 aromatic heterocycles. The third-order valence-corrected chi connectivity index (χ3v) is 6.18. The molecule has 244 valence electrons. The first-order valence-corrected chi connectivity index (χ1v) is 15.2. The lowest BCUT2D eigenvalue weighted by Gasteiger charge is -2.35. The SMILES string of the molecule is CC(C)(C)OC(=O)N1CCC(=O)NCCN(C(=O)OC(C)(C)C)CC(CCCCCN)CN(C(=O)OC(C)(C)C)CC1. The van der Waals surface area contributed by atoms with Crippen molar-refractivity contribution in [3.05, 3.63) is 0 Å². The number of carbonyl (C=O) groups excluding carboxylic acids is 4. The van der Waals surface area contributed by atoms with Crippen LogP contribution in [0.2, 0.25) is 0 Å². The van der Waals surface area contributed by atoms with Gasteiger partial charge in [0.05, 0.1) is 0 Å². The second kappa shape index (κ2) is 16.8. The van der Waals surface area contributed by atoms with E-state index in [2.05, 4.69) is 5.32 Å². The van der Waals surface area contributed by atoms with Crippen LogP contribution in [0.25, 0.3) is 0 Å². The second-order valence-electron chi connectivity index (χ2n) is 13.9. The van der Waals surface area contributed by atoms with Crippen molar-refractivity contribution in [2.75, 3.05) is 52.4 Å². The van der Waals surface area contributed by atoms with Gasteiger partial charge >= 0.3 is 18.3 Å². The highest BCUT2D eigenvalue weighted by molar-refractivity contribution is 5.77. The number of unbranched alkanes of at least 4 members (excludes halogenated alkanes) is 2. The quantitative estimate of drug-likeness (QED) is 0.351.